The van der Waals surface area contributed by atoms with Gasteiger partial charge in [-0.05, 0) is 25.0 Å². The number of nitrogens with one attached hydrogen (secondary N) is 1. The van der Waals surface area contributed by atoms with Crippen molar-refractivity contribution in [1.29, 1.82) is 0 Å². The molecule has 1 amide bonds. The maximum absolute atomic E-state index is 12.8. The van der Waals surface area contributed by atoms with Crippen LogP contribution in [0.2, 0.25) is 0 Å². The zero-order chi connectivity index (χ0) is 20.4. The first-order valence-electron chi connectivity index (χ1n) is 9.58. The maximum Gasteiger partial charge on any atom is 0.254 e. The highest BCUT2D eigenvalue weighted by Crippen LogP contribution is 2.26. The van der Waals surface area contributed by atoms with Crippen molar-refractivity contribution in [2.45, 2.75) is 26.2 Å². The van der Waals surface area contributed by atoms with E-state index >= 15 is 0 Å². The van der Waals surface area contributed by atoms with Gasteiger partial charge in [-0.25, -0.2) is 4.98 Å². The topological polar surface area (TPSA) is 83.1 Å². The van der Waals surface area contributed by atoms with Crippen molar-refractivity contribution in [3.05, 3.63) is 81.8 Å². The molecule has 0 aliphatic carbocycles. The lowest BCUT2D eigenvalue weighted by atomic mass is 10.00. The van der Waals surface area contributed by atoms with Crippen molar-refractivity contribution in [2.75, 3.05) is 11.4 Å². The van der Waals surface area contributed by atoms with Gasteiger partial charge < -0.3 is 9.88 Å². The molecule has 1 aliphatic rings. The third kappa shape index (κ3) is 3.87. The van der Waals surface area contributed by atoms with Crippen LogP contribution in [0.1, 0.15) is 23.2 Å². The number of amides is 1. The highest BCUT2D eigenvalue weighted by Gasteiger charge is 2.26. The zero-order valence-electron chi connectivity index (χ0n) is 16.1. The lowest BCUT2D eigenvalue weighted by Gasteiger charge is -2.28. The number of rotatable bonds is 4. The Morgan fingerprint density at radius 2 is 1.79 bits per heavy atom. The summed E-state index contributed by atoms with van der Waals surface area (Å²) in [5, 5.41) is 0. The highest BCUT2D eigenvalue weighted by atomic mass is 16.2. The molecule has 29 heavy (non-hydrogen) atoms. The summed E-state index contributed by atoms with van der Waals surface area (Å²) in [4.78, 5) is 46.3. The van der Waals surface area contributed by atoms with Crippen molar-refractivity contribution >= 4 is 17.4 Å². The standard InChI is InChI=1S/C23H21N3O3/c1-15-19(23(29)25-22(24-15)16-7-3-2-4-8-16)11-12-21(28)26-14-18(27)13-17-9-5-6-10-20(17)26/h2-10H,11-14H2,1H3,(H,24,25,29). The molecular formula is C23H21N3O3. The predicted molar refractivity (Wildman–Crippen MR) is 111 cm³/mol. The number of aromatic nitrogens is 2. The van der Waals surface area contributed by atoms with E-state index in [0.29, 0.717) is 23.5 Å². The second kappa shape index (κ2) is 7.83. The van der Waals surface area contributed by atoms with Crippen LogP contribution >= 0.6 is 0 Å². The normalized spacial score (nSPS) is 13.3. The van der Waals surface area contributed by atoms with Crippen LogP contribution in [0.25, 0.3) is 11.4 Å². The average molecular weight is 387 g/mol. The Kier molecular flexibility index (Phi) is 5.08. The number of hydrogen-bond donors (Lipinski definition) is 1. The number of carbonyl (C=O) groups excluding carboxylic acids is 2. The highest BCUT2D eigenvalue weighted by molar-refractivity contribution is 6.03. The molecule has 0 spiro atoms. The van der Waals surface area contributed by atoms with Crippen LogP contribution in [0.4, 0.5) is 5.69 Å². The van der Waals surface area contributed by atoms with E-state index in [0.717, 1.165) is 16.8 Å². The first kappa shape index (κ1) is 18.8. The molecule has 0 bridgehead atoms. The van der Waals surface area contributed by atoms with Gasteiger partial charge in [0, 0.05) is 35.3 Å². The van der Waals surface area contributed by atoms with Gasteiger partial charge in [-0.2, -0.15) is 0 Å². The molecule has 146 valence electrons. The minimum absolute atomic E-state index is 0.0139. The van der Waals surface area contributed by atoms with Gasteiger partial charge in [0.05, 0.1) is 6.54 Å². The summed E-state index contributed by atoms with van der Waals surface area (Å²) in [6.45, 7) is 1.86. The predicted octanol–water partition coefficient (Wildman–Crippen LogP) is 2.84. The number of aromatic amines is 1. The summed E-state index contributed by atoms with van der Waals surface area (Å²) in [5.74, 6) is 0.357. The van der Waals surface area contributed by atoms with E-state index in [2.05, 4.69) is 9.97 Å². The minimum Gasteiger partial charge on any atom is -0.306 e. The molecule has 1 aliphatic heterocycles. The van der Waals surface area contributed by atoms with Crippen molar-refractivity contribution in [3.63, 3.8) is 0 Å². The number of aryl methyl sites for hydroxylation is 1. The number of hydrogen-bond acceptors (Lipinski definition) is 4. The monoisotopic (exact) mass is 387 g/mol. The van der Waals surface area contributed by atoms with Gasteiger partial charge in [-0.3, -0.25) is 14.4 Å². The molecular weight excluding hydrogens is 366 g/mol. The van der Waals surface area contributed by atoms with E-state index in [9.17, 15) is 14.4 Å². The molecule has 1 N–H and O–H groups in total. The zero-order valence-corrected chi connectivity index (χ0v) is 16.1. The fourth-order valence-corrected chi connectivity index (χ4v) is 3.68. The molecule has 0 atom stereocenters. The van der Waals surface area contributed by atoms with Crippen LogP contribution in [-0.2, 0) is 22.4 Å². The summed E-state index contributed by atoms with van der Waals surface area (Å²) in [7, 11) is 0. The van der Waals surface area contributed by atoms with Crippen molar-refractivity contribution < 1.29 is 9.59 Å². The quantitative estimate of drug-likeness (QED) is 0.746. The van der Waals surface area contributed by atoms with E-state index < -0.39 is 0 Å². The third-order valence-corrected chi connectivity index (χ3v) is 5.16. The molecule has 0 saturated heterocycles. The second-order valence-electron chi connectivity index (χ2n) is 7.17. The van der Waals surface area contributed by atoms with Crippen molar-refractivity contribution in [1.82, 2.24) is 9.97 Å². The molecule has 0 radical (unpaired) electrons. The maximum atomic E-state index is 12.8. The number of nitrogens with zero attached hydrogens (tertiary/aromatic N) is 2. The van der Waals surface area contributed by atoms with E-state index in [4.69, 9.17) is 0 Å². The van der Waals surface area contributed by atoms with Crippen LogP contribution in [0.5, 0.6) is 0 Å². The van der Waals surface area contributed by atoms with E-state index in [1.54, 1.807) is 6.92 Å². The van der Waals surface area contributed by atoms with Gasteiger partial charge in [0.25, 0.3) is 5.56 Å². The fourth-order valence-electron chi connectivity index (χ4n) is 3.68. The van der Waals surface area contributed by atoms with Gasteiger partial charge in [0.15, 0.2) is 5.78 Å². The first-order valence-corrected chi connectivity index (χ1v) is 9.58. The molecule has 1 aromatic heterocycles. The molecule has 4 rings (SSSR count). The Bertz CT molecular complexity index is 1140. The fraction of sp³-hybridized carbons (Fsp3) is 0.217. The smallest absolute Gasteiger partial charge is 0.254 e. The van der Waals surface area contributed by atoms with Crippen LogP contribution in [0, 0.1) is 6.92 Å². The number of benzene rings is 2. The van der Waals surface area contributed by atoms with E-state index in [1.165, 1.54) is 4.90 Å². The summed E-state index contributed by atoms with van der Waals surface area (Å²) in [6.07, 6.45) is 0.760. The van der Waals surface area contributed by atoms with E-state index in [-0.39, 0.29) is 36.6 Å². The number of carbonyl (C=O) groups is 2. The van der Waals surface area contributed by atoms with Gasteiger partial charge in [-0.1, -0.05) is 48.5 Å². The van der Waals surface area contributed by atoms with Gasteiger partial charge in [-0.15, -0.1) is 0 Å². The summed E-state index contributed by atoms with van der Waals surface area (Å²) in [6, 6.07) is 16.9. The molecule has 3 aromatic rings. The molecule has 6 nitrogen and oxygen atoms in total. The summed E-state index contributed by atoms with van der Waals surface area (Å²) < 4.78 is 0. The Labute approximate surface area is 168 Å². The second-order valence-corrected chi connectivity index (χ2v) is 7.17. The molecule has 2 heterocycles. The van der Waals surface area contributed by atoms with Gasteiger partial charge >= 0.3 is 0 Å². The lowest BCUT2D eigenvalue weighted by molar-refractivity contribution is -0.122. The minimum atomic E-state index is -0.237. The number of anilines is 1. The largest absolute Gasteiger partial charge is 0.306 e. The number of Topliss-reactive ketones (excluding diaryl/α,β-unsaturated/α-hetero) is 1. The third-order valence-electron chi connectivity index (χ3n) is 5.16. The van der Waals surface area contributed by atoms with Gasteiger partial charge in [0.1, 0.15) is 5.82 Å². The molecule has 6 heteroatoms. The SMILES string of the molecule is Cc1nc(-c2ccccc2)[nH]c(=O)c1CCC(=O)N1CC(=O)Cc2ccccc21. The Morgan fingerprint density at radius 3 is 2.55 bits per heavy atom. The number of fused-ring (bicyclic) bond motifs is 1. The average Bonchev–Trinajstić information content (AvgIpc) is 2.72. The summed E-state index contributed by atoms with van der Waals surface area (Å²) >= 11 is 0. The first-order chi connectivity index (χ1) is 14.0. The number of H-pyrrole nitrogens is 1. The van der Waals surface area contributed by atoms with Crippen molar-refractivity contribution in [2.24, 2.45) is 0 Å². The molecule has 2 aromatic carbocycles. The molecule has 0 unspecified atom stereocenters. The Morgan fingerprint density at radius 1 is 1.07 bits per heavy atom. The molecule has 0 saturated carbocycles. The summed E-state index contributed by atoms with van der Waals surface area (Å²) in [5.41, 5.74) is 3.34. The van der Waals surface area contributed by atoms with Crippen LogP contribution in [-0.4, -0.2) is 28.2 Å². The Hall–Kier alpha value is -3.54. The van der Waals surface area contributed by atoms with Crippen molar-refractivity contribution in [3.8, 4) is 11.4 Å². The lowest BCUT2D eigenvalue weighted by Crippen LogP contribution is -2.40. The van der Waals surface area contributed by atoms with Gasteiger partial charge in [0.2, 0.25) is 5.91 Å². The van der Waals surface area contributed by atoms with Crippen LogP contribution in [0.3, 0.4) is 0 Å². The van der Waals surface area contributed by atoms with Crippen LogP contribution < -0.4 is 10.5 Å². The Balaban J connectivity index is 1.53. The molecule has 0 fully saturated rings. The van der Waals surface area contributed by atoms with E-state index in [1.807, 2.05) is 54.6 Å². The van der Waals surface area contributed by atoms with Crippen LogP contribution in [0.15, 0.2) is 59.4 Å². The number of ketones is 1. The number of para-hydroxylation sites is 1.